The second-order valence-corrected chi connectivity index (χ2v) is 3.64. The Kier molecular flexibility index (Phi) is 3.49. The number of hydrogen-bond acceptors (Lipinski definition) is 2. The van der Waals surface area contributed by atoms with E-state index < -0.39 is 17.9 Å². The summed E-state index contributed by atoms with van der Waals surface area (Å²) in [5.41, 5.74) is 6.55. The maximum atomic E-state index is 10.7. The first kappa shape index (κ1) is 11.0. The lowest BCUT2D eigenvalue weighted by Gasteiger charge is -2.16. The van der Waals surface area contributed by atoms with Gasteiger partial charge in [-0.05, 0) is 17.7 Å². The van der Waals surface area contributed by atoms with Gasteiger partial charge in [0, 0.05) is 11.1 Å². The number of halogens is 1. The Morgan fingerprint density at radius 3 is 2.36 bits per heavy atom. The molecule has 4 heteroatoms. The molecule has 3 nitrogen and oxygen atoms in total. The number of carbonyl (C=O) groups is 1. The van der Waals surface area contributed by atoms with Gasteiger partial charge in [0.1, 0.15) is 0 Å². The third-order valence-corrected chi connectivity index (χ3v) is 2.44. The summed E-state index contributed by atoms with van der Waals surface area (Å²) in [4.78, 5) is 10.7. The topological polar surface area (TPSA) is 63.3 Å². The fourth-order valence-corrected chi connectivity index (χ4v) is 1.25. The van der Waals surface area contributed by atoms with Crippen LogP contribution in [0, 0.1) is 5.92 Å². The summed E-state index contributed by atoms with van der Waals surface area (Å²) >= 11 is 5.70. The van der Waals surface area contributed by atoms with Crippen LogP contribution in [-0.4, -0.2) is 11.1 Å². The number of nitrogens with two attached hydrogens (primary N) is 1. The highest BCUT2D eigenvalue weighted by Gasteiger charge is 2.20. The van der Waals surface area contributed by atoms with Gasteiger partial charge in [0.2, 0.25) is 0 Å². The minimum Gasteiger partial charge on any atom is -0.481 e. The third kappa shape index (κ3) is 2.47. The molecule has 0 heterocycles. The monoisotopic (exact) mass is 213 g/mol. The highest BCUT2D eigenvalue weighted by atomic mass is 35.5. The molecule has 0 saturated heterocycles. The quantitative estimate of drug-likeness (QED) is 0.808. The molecular formula is C10H12ClNO2. The van der Waals surface area contributed by atoms with Crippen LogP contribution in [0.1, 0.15) is 18.5 Å². The second kappa shape index (κ2) is 4.44. The lowest BCUT2D eigenvalue weighted by atomic mass is 9.96. The number of carboxylic acids is 1. The van der Waals surface area contributed by atoms with Crippen molar-refractivity contribution < 1.29 is 9.90 Å². The van der Waals surface area contributed by atoms with Crippen LogP contribution < -0.4 is 5.73 Å². The predicted octanol–water partition coefficient (Wildman–Crippen LogP) is 2.06. The molecule has 0 spiro atoms. The first-order chi connectivity index (χ1) is 6.52. The van der Waals surface area contributed by atoms with Crippen molar-refractivity contribution in [2.45, 2.75) is 13.0 Å². The molecule has 0 radical (unpaired) electrons. The number of carboxylic acid groups (broad SMARTS) is 1. The van der Waals surface area contributed by atoms with Gasteiger partial charge >= 0.3 is 5.97 Å². The summed E-state index contributed by atoms with van der Waals surface area (Å²) in [5, 5.41) is 9.38. The van der Waals surface area contributed by atoms with Crippen LogP contribution in [0.25, 0.3) is 0 Å². The normalized spacial score (nSPS) is 14.8. The van der Waals surface area contributed by atoms with Crippen LogP contribution in [0.3, 0.4) is 0 Å². The SMILES string of the molecule is CC(C(=O)O)C(N)c1ccc(Cl)cc1. The Morgan fingerprint density at radius 2 is 1.93 bits per heavy atom. The van der Waals surface area contributed by atoms with E-state index in [4.69, 9.17) is 22.4 Å². The lowest BCUT2D eigenvalue weighted by Crippen LogP contribution is -2.25. The molecule has 0 aromatic heterocycles. The Morgan fingerprint density at radius 1 is 1.43 bits per heavy atom. The minimum absolute atomic E-state index is 0.496. The van der Waals surface area contributed by atoms with Crippen LogP contribution in [-0.2, 0) is 4.79 Å². The van der Waals surface area contributed by atoms with Gasteiger partial charge in [0.25, 0.3) is 0 Å². The summed E-state index contributed by atoms with van der Waals surface area (Å²) in [7, 11) is 0. The van der Waals surface area contributed by atoms with Crippen molar-refractivity contribution >= 4 is 17.6 Å². The summed E-state index contributed by atoms with van der Waals surface area (Å²) in [6.07, 6.45) is 0. The zero-order chi connectivity index (χ0) is 10.7. The highest BCUT2D eigenvalue weighted by Crippen LogP contribution is 2.21. The van der Waals surface area contributed by atoms with Gasteiger partial charge in [0.15, 0.2) is 0 Å². The third-order valence-electron chi connectivity index (χ3n) is 2.18. The van der Waals surface area contributed by atoms with Crippen molar-refractivity contribution in [3.8, 4) is 0 Å². The highest BCUT2D eigenvalue weighted by molar-refractivity contribution is 6.30. The van der Waals surface area contributed by atoms with Gasteiger partial charge in [0.05, 0.1) is 5.92 Å². The van der Waals surface area contributed by atoms with E-state index in [9.17, 15) is 4.79 Å². The molecule has 0 fully saturated rings. The van der Waals surface area contributed by atoms with Crippen molar-refractivity contribution in [3.63, 3.8) is 0 Å². The van der Waals surface area contributed by atoms with E-state index in [-0.39, 0.29) is 0 Å². The van der Waals surface area contributed by atoms with E-state index in [1.165, 1.54) is 0 Å². The summed E-state index contributed by atoms with van der Waals surface area (Å²) < 4.78 is 0. The number of benzene rings is 1. The molecule has 0 aliphatic heterocycles. The maximum absolute atomic E-state index is 10.7. The minimum atomic E-state index is -0.896. The molecular weight excluding hydrogens is 202 g/mol. The van der Waals surface area contributed by atoms with Crippen LogP contribution in [0.4, 0.5) is 0 Å². The number of aliphatic carboxylic acids is 1. The number of hydrogen-bond donors (Lipinski definition) is 2. The van der Waals surface area contributed by atoms with Crippen molar-refractivity contribution in [2.24, 2.45) is 11.7 Å². The first-order valence-electron chi connectivity index (χ1n) is 4.26. The molecule has 0 amide bonds. The fourth-order valence-electron chi connectivity index (χ4n) is 1.13. The maximum Gasteiger partial charge on any atom is 0.308 e. The molecule has 1 aromatic carbocycles. The van der Waals surface area contributed by atoms with Gasteiger partial charge in [-0.1, -0.05) is 30.7 Å². The van der Waals surface area contributed by atoms with Gasteiger partial charge < -0.3 is 10.8 Å². The van der Waals surface area contributed by atoms with Crippen molar-refractivity contribution in [2.75, 3.05) is 0 Å². The van der Waals surface area contributed by atoms with E-state index in [1.807, 2.05) is 0 Å². The van der Waals surface area contributed by atoms with Gasteiger partial charge in [-0.15, -0.1) is 0 Å². The Hall–Kier alpha value is -1.06. The molecule has 2 atom stereocenters. The second-order valence-electron chi connectivity index (χ2n) is 3.20. The van der Waals surface area contributed by atoms with E-state index in [0.717, 1.165) is 5.56 Å². The zero-order valence-electron chi connectivity index (χ0n) is 7.77. The smallest absolute Gasteiger partial charge is 0.308 e. The van der Waals surface area contributed by atoms with Crippen molar-refractivity contribution in [1.82, 2.24) is 0 Å². The molecule has 76 valence electrons. The Labute approximate surface area is 87.5 Å². The van der Waals surface area contributed by atoms with E-state index in [2.05, 4.69) is 0 Å². The molecule has 3 N–H and O–H groups in total. The summed E-state index contributed by atoms with van der Waals surface area (Å²) in [6.45, 7) is 1.58. The molecule has 1 rings (SSSR count). The van der Waals surface area contributed by atoms with Crippen LogP contribution in [0.15, 0.2) is 24.3 Å². The van der Waals surface area contributed by atoms with Crippen LogP contribution >= 0.6 is 11.6 Å². The van der Waals surface area contributed by atoms with E-state index in [1.54, 1.807) is 31.2 Å². The average molecular weight is 214 g/mol. The first-order valence-corrected chi connectivity index (χ1v) is 4.64. The summed E-state index contributed by atoms with van der Waals surface area (Å²) in [6, 6.07) is 6.39. The van der Waals surface area contributed by atoms with Crippen molar-refractivity contribution in [1.29, 1.82) is 0 Å². The molecule has 0 aliphatic rings. The van der Waals surface area contributed by atoms with E-state index in [0.29, 0.717) is 5.02 Å². The largest absolute Gasteiger partial charge is 0.481 e. The molecule has 0 aliphatic carbocycles. The van der Waals surface area contributed by atoms with Gasteiger partial charge in [-0.3, -0.25) is 4.79 Å². The van der Waals surface area contributed by atoms with Crippen molar-refractivity contribution in [3.05, 3.63) is 34.9 Å². The van der Waals surface area contributed by atoms with E-state index >= 15 is 0 Å². The lowest BCUT2D eigenvalue weighted by molar-refractivity contribution is -0.141. The average Bonchev–Trinajstić information content (AvgIpc) is 2.16. The molecule has 14 heavy (non-hydrogen) atoms. The van der Waals surface area contributed by atoms with Gasteiger partial charge in [-0.2, -0.15) is 0 Å². The molecule has 0 saturated carbocycles. The number of rotatable bonds is 3. The van der Waals surface area contributed by atoms with Gasteiger partial charge in [-0.25, -0.2) is 0 Å². The predicted molar refractivity (Wildman–Crippen MR) is 55.2 cm³/mol. The molecule has 2 unspecified atom stereocenters. The van der Waals surface area contributed by atoms with Crippen LogP contribution in [0.2, 0.25) is 5.02 Å². The molecule has 0 bridgehead atoms. The summed E-state index contributed by atoms with van der Waals surface area (Å²) in [5.74, 6) is -1.50. The van der Waals surface area contributed by atoms with Crippen LogP contribution in [0.5, 0.6) is 0 Å². The Balaban J connectivity index is 2.84. The standard InChI is InChI=1S/C10H12ClNO2/c1-6(10(13)14)9(12)7-2-4-8(11)5-3-7/h2-6,9H,12H2,1H3,(H,13,14). The zero-order valence-corrected chi connectivity index (χ0v) is 8.53. The molecule has 1 aromatic rings. The Bertz CT molecular complexity index is 323. The fraction of sp³-hybridized carbons (Fsp3) is 0.300.